The summed E-state index contributed by atoms with van der Waals surface area (Å²) >= 11 is 0. The number of benzene rings is 1. The molecule has 1 aliphatic rings. The minimum Gasteiger partial charge on any atom is -0.336 e. The molecule has 6 heteroatoms. The first-order valence-corrected chi connectivity index (χ1v) is 5.13. The van der Waals surface area contributed by atoms with Gasteiger partial charge in [-0.3, -0.25) is 4.79 Å². The Morgan fingerprint density at radius 3 is 2.24 bits per heavy atom. The van der Waals surface area contributed by atoms with Crippen molar-refractivity contribution in [2.24, 2.45) is 0 Å². The average molecular weight is 244 g/mol. The number of rotatable bonds is 2. The van der Waals surface area contributed by atoms with E-state index in [1.165, 1.54) is 11.9 Å². The van der Waals surface area contributed by atoms with Gasteiger partial charge >= 0.3 is 0 Å². The molecule has 0 aliphatic carbocycles. The molecule has 0 radical (unpaired) electrons. The summed E-state index contributed by atoms with van der Waals surface area (Å²) in [5.74, 6) is -4.16. The van der Waals surface area contributed by atoms with Gasteiger partial charge in [-0.25, -0.2) is 13.2 Å². The summed E-state index contributed by atoms with van der Waals surface area (Å²) < 4.78 is 39.4. The Morgan fingerprint density at radius 2 is 1.82 bits per heavy atom. The number of carbonyl (C=O) groups is 1. The predicted molar refractivity (Wildman–Crippen MR) is 55.1 cm³/mol. The molecule has 1 aliphatic heterocycles. The third kappa shape index (κ3) is 2.12. The largest absolute Gasteiger partial charge is 0.336 e. The number of nitrogens with zero attached hydrogens (tertiary/aromatic N) is 1. The van der Waals surface area contributed by atoms with Crippen molar-refractivity contribution in [2.45, 2.75) is 6.04 Å². The van der Waals surface area contributed by atoms with Crippen LogP contribution in [0.4, 0.5) is 13.2 Å². The van der Waals surface area contributed by atoms with Crippen LogP contribution in [0.3, 0.4) is 0 Å². The maximum atomic E-state index is 13.4. The summed E-state index contributed by atoms with van der Waals surface area (Å²) in [5, 5.41) is 2.95. The zero-order valence-electron chi connectivity index (χ0n) is 9.14. The Hall–Kier alpha value is -1.56. The molecule has 0 atom stereocenters. The van der Waals surface area contributed by atoms with Crippen LogP contribution in [0.1, 0.15) is 10.4 Å². The van der Waals surface area contributed by atoms with E-state index >= 15 is 0 Å². The van der Waals surface area contributed by atoms with Gasteiger partial charge in [-0.05, 0) is 0 Å². The van der Waals surface area contributed by atoms with E-state index in [2.05, 4.69) is 5.32 Å². The van der Waals surface area contributed by atoms with E-state index in [1.807, 2.05) is 0 Å². The Labute approximate surface area is 96.2 Å². The average Bonchev–Trinajstić information content (AvgIpc) is 2.12. The molecule has 1 aromatic carbocycles. The molecule has 1 aromatic rings. The first-order chi connectivity index (χ1) is 8.00. The van der Waals surface area contributed by atoms with Gasteiger partial charge in [0.1, 0.15) is 23.0 Å². The lowest BCUT2D eigenvalue weighted by Crippen LogP contribution is -2.57. The fourth-order valence-electron chi connectivity index (χ4n) is 1.64. The zero-order chi connectivity index (χ0) is 12.6. The van der Waals surface area contributed by atoms with Gasteiger partial charge in [-0.15, -0.1) is 0 Å². The van der Waals surface area contributed by atoms with Crippen LogP contribution in [0.25, 0.3) is 0 Å². The Kier molecular flexibility index (Phi) is 3.06. The fourth-order valence-corrected chi connectivity index (χ4v) is 1.64. The fraction of sp³-hybridized carbons (Fsp3) is 0.364. The van der Waals surface area contributed by atoms with Crippen molar-refractivity contribution in [3.05, 3.63) is 35.1 Å². The van der Waals surface area contributed by atoms with Gasteiger partial charge in [0.15, 0.2) is 0 Å². The smallest absolute Gasteiger partial charge is 0.259 e. The van der Waals surface area contributed by atoms with Crippen LogP contribution in [0, 0.1) is 17.5 Å². The zero-order valence-corrected chi connectivity index (χ0v) is 9.14. The van der Waals surface area contributed by atoms with Gasteiger partial charge < -0.3 is 10.2 Å². The summed E-state index contributed by atoms with van der Waals surface area (Å²) in [5.41, 5.74) is -0.708. The number of carbonyl (C=O) groups excluding carboxylic acids is 1. The SMILES string of the molecule is CN(C(=O)c1c(F)cc(F)cc1F)C1CNC1. The molecular weight excluding hydrogens is 233 g/mol. The molecule has 2 rings (SSSR count). The lowest BCUT2D eigenvalue weighted by atomic mass is 10.1. The normalized spacial score (nSPS) is 15.5. The van der Waals surface area contributed by atoms with Crippen molar-refractivity contribution in [2.75, 3.05) is 20.1 Å². The molecule has 0 bridgehead atoms. The van der Waals surface area contributed by atoms with E-state index in [4.69, 9.17) is 0 Å². The summed E-state index contributed by atoms with van der Waals surface area (Å²) in [6, 6.07) is 0.929. The van der Waals surface area contributed by atoms with Crippen molar-refractivity contribution < 1.29 is 18.0 Å². The molecule has 1 amide bonds. The first-order valence-electron chi connectivity index (χ1n) is 5.13. The Bertz CT molecular complexity index is 437. The highest BCUT2D eigenvalue weighted by molar-refractivity contribution is 5.94. The minimum absolute atomic E-state index is 0.0775. The number of hydrogen-bond donors (Lipinski definition) is 1. The van der Waals surface area contributed by atoms with E-state index in [9.17, 15) is 18.0 Å². The van der Waals surface area contributed by atoms with Gasteiger partial charge in [-0.2, -0.15) is 0 Å². The lowest BCUT2D eigenvalue weighted by Gasteiger charge is -2.35. The standard InChI is InChI=1S/C11H11F3N2O/c1-16(7-4-15-5-7)11(17)10-8(13)2-6(12)3-9(10)14/h2-3,7,15H,4-5H2,1H3. The number of nitrogens with one attached hydrogen (secondary N) is 1. The third-order valence-corrected chi connectivity index (χ3v) is 2.85. The topological polar surface area (TPSA) is 32.3 Å². The molecule has 1 fully saturated rings. The molecule has 0 aromatic heterocycles. The lowest BCUT2D eigenvalue weighted by molar-refractivity contribution is 0.0671. The Balaban J connectivity index is 2.30. The van der Waals surface area contributed by atoms with Crippen molar-refractivity contribution >= 4 is 5.91 Å². The van der Waals surface area contributed by atoms with E-state index in [1.54, 1.807) is 0 Å². The van der Waals surface area contributed by atoms with Gasteiger partial charge in [0.05, 0.1) is 6.04 Å². The molecule has 0 unspecified atom stereocenters. The van der Waals surface area contributed by atoms with Crippen molar-refractivity contribution in [3.8, 4) is 0 Å². The summed E-state index contributed by atoms with van der Waals surface area (Å²) in [6.45, 7) is 1.18. The van der Waals surface area contributed by atoms with Crippen LogP contribution in [-0.4, -0.2) is 37.0 Å². The molecular formula is C11H11F3N2O. The quantitative estimate of drug-likeness (QED) is 0.846. The highest BCUT2D eigenvalue weighted by Crippen LogP contribution is 2.18. The second kappa shape index (κ2) is 4.37. The molecule has 0 spiro atoms. The summed E-state index contributed by atoms with van der Waals surface area (Å²) in [4.78, 5) is 13.1. The monoisotopic (exact) mass is 244 g/mol. The van der Waals surface area contributed by atoms with Crippen molar-refractivity contribution in [1.29, 1.82) is 0 Å². The first kappa shape index (κ1) is 11.9. The van der Waals surface area contributed by atoms with Crippen LogP contribution in [-0.2, 0) is 0 Å². The molecule has 1 saturated heterocycles. The van der Waals surface area contributed by atoms with Crippen LogP contribution < -0.4 is 5.32 Å². The number of amides is 1. The minimum atomic E-state index is -1.17. The predicted octanol–water partition coefficient (Wildman–Crippen LogP) is 1.15. The molecule has 1 N–H and O–H groups in total. The number of likely N-dealkylation sites (N-methyl/N-ethyl adjacent to an activating group) is 1. The molecule has 1 heterocycles. The van der Waals surface area contributed by atoms with Crippen molar-refractivity contribution in [3.63, 3.8) is 0 Å². The molecule has 17 heavy (non-hydrogen) atoms. The van der Waals surface area contributed by atoms with Gasteiger partial charge in [-0.1, -0.05) is 0 Å². The molecule has 92 valence electrons. The van der Waals surface area contributed by atoms with Crippen LogP contribution in [0.5, 0.6) is 0 Å². The van der Waals surface area contributed by atoms with E-state index in [0.717, 1.165) is 0 Å². The van der Waals surface area contributed by atoms with Crippen LogP contribution >= 0.6 is 0 Å². The van der Waals surface area contributed by atoms with E-state index in [0.29, 0.717) is 25.2 Å². The van der Waals surface area contributed by atoms with Gasteiger partial charge in [0.2, 0.25) is 0 Å². The number of hydrogen-bond acceptors (Lipinski definition) is 2. The van der Waals surface area contributed by atoms with E-state index in [-0.39, 0.29) is 6.04 Å². The molecule has 0 saturated carbocycles. The van der Waals surface area contributed by atoms with Crippen LogP contribution in [0.2, 0.25) is 0 Å². The second-order valence-corrected chi connectivity index (χ2v) is 3.97. The second-order valence-electron chi connectivity index (χ2n) is 3.97. The highest BCUT2D eigenvalue weighted by Gasteiger charge is 2.29. The maximum Gasteiger partial charge on any atom is 0.259 e. The highest BCUT2D eigenvalue weighted by atomic mass is 19.1. The van der Waals surface area contributed by atoms with Gasteiger partial charge in [0.25, 0.3) is 5.91 Å². The van der Waals surface area contributed by atoms with Crippen molar-refractivity contribution in [1.82, 2.24) is 10.2 Å². The van der Waals surface area contributed by atoms with Gasteiger partial charge in [0, 0.05) is 32.3 Å². The Morgan fingerprint density at radius 1 is 1.29 bits per heavy atom. The number of halogens is 3. The van der Waals surface area contributed by atoms with Crippen LogP contribution in [0.15, 0.2) is 12.1 Å². The maximum absolute atomic E-state index is 13.4. The molecule has 3 nitrogen and oxygen atoms in total. The van der Waals surface area contributed by atoms with E-state index < -0.39 is 28.9 Å². The summed E-state index contributed by atoms with van der Waals surface area (Å²) in [7, 11) is 1.47. The third-order valence-electron chi connectivity index (χ3n) is 2.85. The summed E-state index contributed by atoms with van der Waals surface area (Å²) in [6.07, 6.45) is 0.